The summed E-state index contributed by atoms with van der Waals surface area (Å²) in [6.45, 7) is 5.99. The number of amides is 1. The maximum atomic E-state index is 12.5. The number of fused-ring (bicyclic) bond motifs is 3. The van der Waals surface area contributed by atoms with Gasteiger partial charge in [-0.3, -0.25) is 9.59 Å². The van der Waals surface area contributed by atoms with Crippen LogP contribution in [0.15, 0.2) is 24.3 Å². The quantitative estimate of drug-likeness (QED) is 0.867. The van der Waals surface area contributed by atoms with Crippen molar-refractivity contribution in [2.24, 2.45) is 17.8 Å². The van der Waals surface area contributed by atoms with Gasteiger partial charge in [-0.1, -0.05) is 12.1 Å². The zero-order valence-corrected chi connectivity index (χ0v) is 13.9. The Balaban J connectivity index is 1.58. The van der Waals surface area contributed by atoms with E-state index in [1.54, 1.807) is 0 Å². The summed E-state index contributed by atoms with van der Waals surface area (Å²) in [5.41, 5.74) is -0.00890. The standard InChI is InChI=1S/C19H23NO3/c1-18(2,3)20-17(22)15-12-8-9-19(16(12)15)10-13(21)11-6-4-5-7-14(11)23-19/h4-7,12,15-16H,8-10H2,1-3H3,(H,20,22)/t12-,15+,16-,19+/m0/s1. The second-order valence-electron chi connectivity index (χ2n) is 8.26. The fourth-order valence-corrected chi connectivity index (χ4v) is 4.57. The fraction of sp³-hybridized carbons (Fsp3) is 0.579. The molecule has 1 spiro atoms. The lowest BCUT2D eigenvalue weighted by molar-refractivity contribution is -0.125. The number of para-hydroxylation sites is 1. The number of benzene rings is 1. The highest BCUT2D eigenvalue weighted by Gasteiger charge is 2.70. The van der Waals surface area contributed by atoms with E-state index < -0.39 is 5.60 Å². The Kier molecular flexibility index (Phi) is 2.94. The SMILES string of the molecule is CC(C)(C)NC(=O)[C@@H]1[C@@H]2CC[C@@]3(CC(=O)c4ccccc4O3)[C@@H]21. The van der Waals surface area contributed by atoms with Crippen molar-refractivity contribution in [3.63, 3.8) is 0 Å². The molecule has 4 rings (SSSR count). The Labute approximate surface area is 136 Å². The molecule has 0 unspecified atom stereocenters. The largest absolute Gasteiger partial charge is 0.486 e. The number of nitrogens with one attached hydrogen (secondary N) is 1. The van der Waals surface area contributed by atoms with Crippen molar-refractivity contribution in [2.45, 2.75) is 51.2 Å². The number of carbonyl (C=O) groups excluding carboxylic acids is 2. The van der Waals surface area contributed by atoms with E-state index >= 15 is 0 Å². The molecule has 2 aliphatic carbocycles. The van der Waals surface area contributed by atoms with Gasteiger partial charge in [0.15, 0.2) is 5.78 Å². The molecule has 0 saturated heterocycles. The van der Waals surface area contributed by atoms with Gasteiger partial charge in [-0.15, -0.1) is 0 Å². The van der Waals surface area contributed by atoms with Crippen LogP contribution in [0.5, 0.6) is 5.75 Å². The van der Waals surface area contributed by atoms with Crippen LogP contribution in [0.2, 0.25) is 0 Å². The minimum Gasteiger partial charge on any atom is -0.486 e. The Bertz CT molecular complexity index is 690. The lowest BCUT2D eigenvalue weighted by Gasteiger charge is -2.37. The van der Waals surface area contributed by atoms with Crippen LogP contribution < -0.4 is 10.1 Å². The lowest BCUT2D eigenvalue weighted by Crippen LogP contribution is -2.46. The van der Waals surface area contributed by atoms with E-state index in [1.807, 2.05) is 45.0 Å². The second-order valence-corrected chi connectivity index (χ2v) is 8.26. The highest BCUT2D eigenvalue weighted by atomic mass is 16.5. The van der Waals surface area contributed by atoms with E-state index in [1.165, 1.54) is 0 Å². The third kappa shape index (κ3) is 2.27. The molecule has 3 aliphatic rings. The second kappa shape index (κ2) is 4.59. The van der Waals surface area contributed by atoms with Crippen LogP contribution in [0.25, 0.3) is 0 Å². The number of ether oxygens (including phenoxy) is 1. The first-order valence-corrected chi connectivity index (χ1v) is 8.44. The third-order valence-corrected chi connectivity index (χ3v) is 5.44. The summed E-state index contributed by atoms with van der Waals surface area (Å²) >= 11 is 0. The van der Waals surface area contributed by atoms with E-state index in [4.69, 9.17) is 4.74 Å². The van der Waals surface area contributed by atoms with E-state index in [-0.39, 0.29) is 29.1 Å². The normalized spacial score (nSPS) is 34.6. The molecule has 0 bridgehead atoms. The highest BCUT2D eigenvalue weighted by molar-refractivity contribution is 6.00. The number of Topliss-reactive ketones (excluding diaryl/α,β-unsaturated/α-hetero) is 1. The maximum absolute atomic E-state index is 12.5. The summed E-state index contributed by atoms with van der Waals surface area (Å²) in [5, 5.41) is 3.08. The van der Waals surface area contributed by atoms with Gasteiger partial charge in [0, 0.05) is 17.4 Å². The summed E-state index contributed by atoms with van der Waals surface area (Å²) in [6, 6.07) is 7.46. The van der Waals surface area contributed by atoms with Crippen molar-refractivity contribution in [3.05, 3.63) is 29.8 Å². The van der Waals surface area contributed by atoms with Crippen molar-refractivity contribution in [1.29, 1.82) is 0 Å². The highest BCUT2D eigenvalue weighted by Crippen LogP contribution is 2.65. The molecular formula is C19H23NO3. The van der Waals surface area contributed by atoms with E-state index in [2.05, 4.69) is 5.32 Å². The zero-order valence-electron chi connectivity index (χ0n) is 13.9. The van der Waals surface area contributed by atoms with E-state index in [0.29, 0.717) is 23.7 Å². The van der Waals surface area contributed by atoms with Crippen molar-refractivity contribution < 1.29 is 14.3 Å². The van der Waals surface area contributed by atoms with Gasteiger partial charge >= 0.3 is 0 Å². The molecule has 4 heteroatoms. The van der Waals surface area contributed by atoms with Gasteiger partial charge in [-0.2, -0.15) is 0 Å². The molecule has 4 atom stereocenters. The molecule has 1 amide bonds. The van der Waals surface area contributed by atoms with Crippen LogP contribution >= 0.6 is 0 Å². The van der Waals surface area contributed by atoms with E-state index in [0.717, 1.165) is 12.8 Å². The summed E-state index contributed by atoms with van der Waals surface area (Å²) in [7, 11) is 0. The number of hydrogen-bond acceptors (Lipinski definition) is 3. The average Bonchev–Trinajstić information content (AvgIpc) is 3.10. The maximum Gasteiger partial charge on any atom is 0.224 e. The first-order valence-electron chi connectivity index (χ1n) is 8.44. The van der Waals surface area contributed by atoms with Crippen molar-refractivity contribution in [1.82, 2.24) is 5.32 Å². The van der Waals surface area contributed by atoms with Gasteiger partial charge in [0.2, 0.25) is 5.91 Å². The molecule has 1 aromatic carbocycles. The monoisotopic (exact) mass is 313 g/mol. The molecule has 1 heterocycles. The van der Waals surface area contributed by atoms with Gasteiger partial charge in [0.05, 0.1) is 12.0 Å². The van der Waals surface area contributed by atoms with Gasteiger partial charge in [-0.25, -0.2) is 0 Å². The summed E-state index contributed by atoms with van der Waals surface area (Å²) in [5.74, 6) is 1.50. The van der Waals surface area contributed by atoms with Crippen LogP contribution in [-0.2, 0) is 4.79 Å². The van der Waals surface area contributed by atoms with Crippen LogP contribution in [-0.4, -0.2) is 22.8 Å². The number of ketones is 1. The summed E-state index contributed by atoms with van der Waals surface area (Å²) < 4.78 is 6.31. The predicted molar refractivity (Wildman–Crippen MR) is 86.3 cm³/mol. The molecule has 4 nitrogen and oxygen atoms in total. The van der Waals surface area contributed by atoms with Gasteiger partial charge in [0.25, 0.3) is 0 Å². The number of hydrogen-bond donors (Lipinski definition) is 1. The van der Waals surface area contributed by atoms with Crippen LogP contribution in [0.3, 0.4) is 0 Å². The summed E-state index contributed by atoms with van der Waals surface area (Å²) in [4.78, 5) is 25.1. The molecule has 2 saturated carbocycles. The molecule has 1 aliphatic heterocycles. The van der Waals surface area contributed by atoms with Crippen molar-refractivity contribution in [3.8, 4) is 5.75 Å². The smallest absolute Gasteiger partial charge is 0.224 e. The Morgan fingerprint density at radius 2 is 2.04 bits per heavy atom. The van der Waals surface area contributed by atoms with E-state index in [9.17, 15) is 9.59 Å². The first-order chi connectivity index (χ1) is 10.8. The molecule has 23 heavy (non-hydrogen) atoms. The Morgan fingerprint density at radius 3 is 2.78 bits per heavy atom. The zero-order chi connectivity index (χ0) is 16.4. The topological polar surface area (TPSA) is 55.4 Å². The summed E-state index contributed by atoms with van der Waals surface area (Å²) in [6.07, 6.45) is 2.26. The minimum atomic E-state index is -0.462. The molecule has 1 N–H and O–H groups in total. The van der Waals surface area contributed by atoms with Crippen LogP contribution in [0.1, 0.15) is 50.4 Å². The average molecular weight is 313 g/mol. The van der Waals surface area contributed by atoms with Gasteiger partial charge in [-0.05, 0) is 51.7 Å². The molecule has 0 aromatic heterocycles. The number of rotatable bonds is 1. The van der Waals surface area contributed by atoms with Crippen molar-refractivity contribution in [2.75, 3.05) is 0 Å². The van der Waals surface area contributed by atoms with Crippen LogP contribution in [0.4, 0.5) is 0 Å². The van der Waals surface area contributed by atoms with Gasteiger partial charge < -0.3 is 10.1 Å². The Hall–Kier alpha value is -1.84. The Morgan fingerprint density at radius 1 is 1.30 bits per heavy atom. The molecule has 2 fully saturated rings. The minimum absolute atomic E-state index is 0.000960. The van der Waals surface area contributed by atoms with Crippen molar-refractivity contribution >= 4 is 11.7 Å². The molecule has 122 valence electrons. The lowest BCUT2D eigenvalue weighted by atomic mass is 9.84. The fourth-order valence-electron chi connectivity index (χ4n) is 4.57. The van der Waals surface area contributed by atoms with Gasteiger partial charge in [0.1, 0.15) is 11.4 Å². The molecular weight excluding hydrogens is 290 g/mol. The number of carbonyl (C=O) groups is 2. The molecule has 0 radical (unpaired) electrons. The third-order valence-electron chi connectivity index (χ3n) is 5.44. The molecule has 1 aromatic rings. The van der Waals surface area contributed by atoms with Crippen LogP contribution in [0, 0.1) is 17.8 Å². The first kappa shape index (κ1) is 14.7. The predicted octanol–water partition coefficient (Wildman–Crippen LogP) is 2.96.